The number of H-pyrrole nitrogens is 1. The van der Waals surface area contributed by atoms with E-state index in [2.05, 4.69) is 32.9 Å². The van der Waals surface area contributed by atoms with Gasteiger partial charge >= 0.3 is 5.69 Å². The van der Waals surface area contributed by atoms with Crippen LogP contribution in [0.2, 0.25) is 0 Å². The summed E-state index contributed by atoms with van der Waals surface area (Å²) in [5.41, 5.74) is 0.174. The van der Waals surface area contributed by atoms with Crippen LogP contribution in [0, 0.1) is 0 Å². The molecule has 1 aromatic heterocycles. The monoisotopic (exact) mass is 415 g/mol. The highest BCUT2D eigenvalue weighted by Crippen LogP contribution is 2.26. The predicted octanol–water partition coefficient (Wildman–Crippen LogP) is 3.51. The molecule has 1 heterocycles. The number of rotatable bonds is 5. The molecule has 0 bridgehead atoms. The summed E-state index contributed by atoms with van der Waals surface area (Å²) in [6, 6.07) is 12.3. The number of nitrogens with one attached hydrogen (secondary N) is 1. The molecule has 0 unspecified atom stereocenters. The summed E-state index contributed by atoms with van der Waals surface area (Å²) in [5, 5.41) is 4.45. The molecule has 0 aliphatic heterocycles. The van der Waals surface area contributed by atoms with Gasteiger partial charge in [0.05, 0.1) is 27.7 Å². The van der Waals surface area contributed by atoms with Crippen molar-refractivity contribution < 1.29 is 4.74 Å². The Bertz CT molecular complexity index is 1090. The number of nitrogens with zero attached hydrogens (tertiary/aromatic N) is 2. The topological polar surface area (TPSA) is 76.5 Å². The van der Waals surface area contributed by atoms with Crippen molar-refractivity contribution in [3.8, 4) is 5.75 Å². The van der Waals surface area contributed by atoms with Gasteiger partial charge in [0.1, 0.15) is 5.75 Å². The zero-order valence-electron chi connectivity index (χ0n) is 14.4. The molecule has 3 aromatic rings. The van der Waals surface area contributed by atoms with Crippen LogP contribution in [0.4, 0.5) is 0 Å². The van der Waals surface area contributed by atoms with Crippen molar-refractivity contribution in [1.82, 2.24) is 9.66 Å². The minimum atomic E-state index is -0.583. The van der Waals surface area contributed by atoms with Gasteiger partial charge in [0.2, 0.25) is 0 Å². The highest BCUT2D eigenvalue weighted by atomic mass is 79.9. The van der Waals surface area contributed by atoms with E-state index < -0.39 is 11.2 Å². The maximum atomic E-state index is 12.4. The van der Waals surface area contributed by atoms with Gasteiger partial charge in [-0.1, -0.05) is 19.1 Å². The number of halogens is 1. The van der Waals surface area contributed by atoms with Crippen LogP contribution in [0.15, 0.2) is 61.6 Å². The summed E-state index contributed by atoms with van der Waals surface area (Å²) in [7, 11) is 0. The molecule has 0 aliphatic rings. The summed E-state index contributed by atoms with van der Waals surface area (Å²) < 4.78 is 7.40. The Morgan fingerprint density at radius 3 is 2.77 bits per heavy atom. The molecular weight excluding hydrogens is 398 g/mol. The van der Waals surface area contributed by atoms with Crippen molar-refractivity contribution >= 4 is 33.0 Å². The average molecular weight is 416 g/mol. The minimum Gasteiger partial charge on any atom is -0.490 e. The summed E-state index contributed by atoms with van der Waals surface area (Å²) in [4.78, 5) is 27.2. The van der Waals surface area contributed by atoms with E-state index in [9.17, 15) is 9.59 Å². The first-order valence-corrected chi connectivity index (χ1v) is 9.03. The van der Waals surface area contributed by atoms with E-state index in [0.717, 1.165) is 26.9 Å². The lowest BCUT2D eigenvalue weighted by atomic mass is 10.2. The summed E-state index contributed by atoms with van der Waals surface area (Å²) in [6.07, 6.45) is 2.48. The van der Waals surface area contributed by atoms with E-state index in [4.69, 9.17) is 4.74 Å². The normalized spacial score (nSPS) is 12.6. The molecule has 2 aromatic carbocycles. The van der Waals surface area contributed by atoms with Crippen molar-refractivity contribution in [1.29, 1.82) is 0 Å². The lowest BCUT2D eigenvalue weighted by molar-refractivity contribution is 0.216. The smallest absolute Gasteiger partial charge is 0.349 e. The van der Waals surface area contributed by atoms with E-state index in [1.807, 2.05) is 25.1 Å². The Hall–Kier alpha value is -2.67. The lowest BCUT2D eigenvalue weighted by Crippen LogP contribution is -2.32. The quantitative estimate of drug-likeness (QED) is 0.647. The minimum absolute atomic E-state index is 0.112. The average Bonchev–Trinajstić information content (AvgIpc) is 2.63. The van der Waals surface area contributed by atoms with Crippen LogP contribution in [0.5, 0.6) is 5.75 Å². The molecule has 3 rings (SSSR count). The van der Waals surface area contributed by atoms with Crippen molar-refractivity contribution in [3.63, 3.8) is 0 Å². The fraction of sp³-hybridized carbons (Fsp3) is 0.211. The van der Waals surface area contributed by atoms with Gasteiger partial charge < -0.3 is 9.72 Å². The second kappa shape index (κ2) is 7.70. The predicted molar refractivity (Wildman–Crippen MR) is 106 cm³/mol. The van der Waals surface area contributed by atoms with Gasteiger partial charge in [0.15, 0.2) is 0 Å². The number of aromatic nitrogens is 2. The number of para-hydroxylation sites is 1. The largest absolute Gasteiger partial charge is 0.490 e. The first-order valence-electron chi connectivity index (χ1n) is 8.24. The molecule has 0 amide bonds. The van der Waals surface area contributed by atoms with E-state index >= 15 is 0 Å². The van der Waals surface area contributed by atoms with Gasteiger partial charge in [-0.25, -0.2) is 4.79 Å². The molecule has 1 N–H and O–H groups in total. The lowest BCUT2D eigenvalue weighted by Gasteiger charge is -2.14. The number of hydrogen-bond donors (Lipinski definition) is 1. The highest BCUT2D eigenvalue weighted by molar-refractivity contribution is 9.10. The fourth-order valence-corrected chi connectivity index (χ4v) is 2.87. The van der Waals surface area contributed by atoms with Crippen molar-refractivity contribution in [2.75, 3.05) is 0 Å². The molecule has 0 saturated heterocycles. The van der Waals surface area contributed by atoms with Crippen molar-refractivity contribution in [3.05, 3.63) is 73.3 Å². The van der Waals surface area contributed by atoms with Crippen LogP contribution in [0.1, 0.15) is 25.8 Å². The molecule has 7 heteroatoms. The standard InChI is InChI=1S/C19H18BrN3O3/c1-3-12(2)26-17-9-8-13(10-15(17)20)11-21-23-18(24)14-6-4-5-7-16(14)22-19(23)25/h4-12H,3H2,1-2H3,(H,22,25)/t12-/m1/s1. The number of hydrogen-bond acceptors (Lipinski definition) is 4. The van der Waals surface area contributed by atoms with Crippen molar-refractivity contribution in [2.24, 2.45) is 5.10 Å². The van der Waals surface area contributed by atoms with Crippen LogP contribution in [0.25, 0.3) is 10.9 Å². The van der Waals surface area contributed by atoms with E-state index in [0.29, 0.717) is 10.9 Å². The van der Waals surface area contributed by atoms with Crippen LogP contribution in [0.3, 0.4) is 0 Å². The Balaban J connectivity index is 1.93. The molecule has 0 fully saturated rings. The second-order valence-electron chi connectivity index (χ2n) is 5.86. The second-order valence-corrected chi connectivity index (χ2v) is 6.72. The Kier molecular flexibility index (Phi) is 5.37. The number of ether oxygens (including phenoxy) is 1. The zero-order chi connectivity index (χ0) is 18.7. The molecule has 1 atom stereocenters. The molecule has 26 heavy (non-hydrogen) atoms. The van der Waals surface area contributed by atoms with Crippen LogP contribution >= 0.6 is 15.9 Å². The fourth-order valence-electron chi connectivity index (χ4n) is 2.38. The Labute approximate surface area is 158 Å². The number of aromatic amines is 1. The van der Waals surface area contributed by atoms with Gasteiger partial charge in [-0.05, 0) is 65.2 Å². The molecule has 0 saturated carbocycles. The SMILES string of the molecule is CC[C@@H](C)Oc1ccc(C=Nn2c(=O)[nH]c3ccccc3c2=O)cc1Br. The zero-order valence-corrected chi connectivity index (χ0v) is 16.0. The Morgan fingerprint density at radius 1 is 1.27 bits per heavy atom. The van der Waals surface area contributed by atoms with Gasteiger partial charge in [-0.2, -0.15) is 5.10 Å². The third kappa shape index (κ3) is 3.77. The van der Waals surface area contributed by atoms with Gasteiger partial charge in [0.25, 0.3) is 5.56 Å². The molecule has 6 nitrogen and oxygen atoms in total. The molecule has 0 radical (unpaired) electrons. The summed E-state index contributed by atoms with van der Waals surface area (Å²) in [6.45, 7) is 4.05. The Morgan fingerprint density at radius 2 is 2.04 bits per heavy atom. The van der Waals surface area contributed by atoms with E-state index in [1.165, 1.54) is 6.21 Å². The molecule has 0 aliphatic carbocycles. The molecular formula is C19H18BrN3O3. The third-order valence-corrected chi connectivity index (χ3v) is 4.58. The molecule has 134 valence electrons. The summed E-state index contributed by atoms with van der Waals surface area (Å²) in [5.74, 6) is 0.734. The van der Waals surface area contributed by atoms with Crippen LogP contribution < -0.4 is 16.0 Å². The maximum absolute atomic E-state index is 12.4. The maximum Gasteiger partial charge on any atom is 0.349 e. The van der Waals surface area contributed by atoms with Crippen LogP contribution in [-0.4, -0.2) is 22.0 Å². The van der Waals surface area contributed by atoms with Crippen molar-refractivity contribution in [2.45, 2.75) is 26.4 Å². The summed E-state index contributed by atoms with van der Waals surface area (Å²) >= 11 is 3.47. The first-order chi connectivity index (χ1) is 12.5. The molecule has 0 spiro atoms. The van der Waals surface area contributed by atoms with E-state index in [-0.39, 0.29) is 6.10 Å². The third-order valence-electron chi connectivity index (χ3n) is 3.97. The van der Waals surface area contributed by atoms with Gasteiger partial charge in [-0.3, -0.25) is 4.79 Å². The first kappa shape index (κ1) is 18.1. The van der Waals surface area contributed by atoms with Crippen LogP contribution in [-0.2, 0) is 0 Å². The number of benzene rings is 2. The number of fused-ring (bicyclic) bond motifs is 1. The van der Waals surface area contributed by atoms with E-state index in [1.54, 1.807) is 24.3 Å². The van der Waals surface area contributed by atoms with Gasteiger partial charge in [-0.15, -0.1) is 4.68 Å². The van der Waals surface area contributed by atoms with Gasteiger partial charge in [0, 0.05) is 0 Å². The highest BCUT2D eigenvalue weighted by Gasteiger charge is 2.07.